The van der Waals surface area contributed by atoms with Gasteiger partial charge in [0.15, 0.2) is 12.4 Å². The Labute approximate surface area is 177 Å². The minimum absolute atomic E-state index is 0.0220. The smallest absolute Gasteiger partial charge is 0.319 e. The first-order valence-corrected chi connectivity index (χ1v) is 10.0. The SMILES string of the molecule is CC(=O)c1ccccc1NC(=O)COC(=O)[C@H](C)SCC(=O)Nc1ccc(F)cc1. The minimum atomic E-state index is -0.679. The molecule has 0 radical (unpaired) electrons. The monoisotopic (exact) mass is 432 g/mol. The minimum Gasteiger partial charge on any atom is -0.455 e. The molecule has 0 bridgehead atoms. The highest BCUT2D eigenvalue weighted by Gasteiger charge is 2.18. The first-order chi connectivity index (χ1) is 14.3. The van der Waals surface area contributed by atoms with Crippen LogP contribution in [0.25, 0.3) is 0 Å². The lowest BCUT2D eigenvalue weighted by Gasteiger charge is -2.12. The quantitative estimate of drug-likeness (QED) is 0.466. The van der Waals surface area contributed by atoms with Gasteiger partial charge in [0.05, 0.1) is 11.4 Å². The molecule has 0 aromatic heterocycles. The number of para-hydroxylation sites is 1. The molecule has 0 saturated carbocycles. The number of ether oxygens (including phenoxy) is 1. The van der Waals surface area contributed by atoms with E-state index in [0.29, 0.717) is 16.9 Å². The summed E-state index contributed by atoms with van der Waals surface area (Å²) >= 11 is 1.04. The average Bonchev–Trinajstić information content (AvgIpc) is 2.72. The van der Waals surface area contributed by atoms with Crippen LogP contribution in [0.1, 0.15) is 24.2 Å². The van der Waals surface area contributed by atoms with Gasteiger partial charge in [-0.1, -0.05) is 12.1 Å². The topological polar surface area (TPSA) is 102 Å². The lowest BCUT2D eigenvalue weighted by molar-refractivity contribution is -0.146. The molecule has 0 unspecified atom stereocenters. The molecule has 2 rings (SSSR count). The Morgan fingerprint density at radius 1 is 1.00 bits per heavy atom. The third-order valence-electron chi connectivity index (χ3n) is 3.85. The van der Waals surface area contributed by atoms with Crippen molar-refractivity contribution in [2.45, 2.75) is 19.1 Å². The molecule has 2 aromatic carbocycles. The second-order valence-electron chi connectivity index (χ2n) is 6.27. The molecule has 0 spiro atoms. The molecule has 9 heteroatoms. The second-order valence-corrected chi connectivity index (χ2v) is 7.60. The van der Waals surface area contributed by atoms with E-state index < -0.39 is 29.6 Å². The lowest BCUT2D eigenvalue weighted by Crippen LogP contribution is -2.26. The predicted octanol–water partition coefficient (Wildman–Crippen LogP) is 3.27. The van der Waals surface area contributed by atoms with Gasteiger partial charge in [-0.15, -0.1) is 11.8 Å². The number of thioether (sulfide) groups is 1. The molecule has 2 amide bonds. The highest BCUT2D eigenvalue weighted by atomic mass is 32.2. The zero-order valence-corrected chi connectivity index (χ0v) is 17.3. The standard InChI is InChI=1S/C21H21FN2O5S/c1-13(25)17-5-3-4-6-18(17)24-19(26)11-29-21(28)14(2)30-12-20(27)23-16-9-7-15(22)8-10-16/h3-10,14H,11-12H2,1-2H3,(H,23,27)(H,24,26)/t14-/m0/s1. The third kappa shape index (κ3) is 7.32. The van der Waals surface area contributed by atoms with Crippen molar-refractivity contribution in [2.75, 3.05) is 23.0 Å². The van der Waals surface area contributed by atoms with E-state index in [9.17, 15) is 23.6 Å². The van der Waals surface area contributed by atoms with E-state index in [1.807, 2.05) is 0 Å². The molecular weight excluding hydrogens is 411 g/mol. The third-order valence-corrected chi connectivity index (χ3v) is 4.97. The van der Waals surface area contributed by atoms with Gasteiger partial charge < -0.3 is 15.4 Å². The van der Waals surface area contributed by atoms with Gasteiger partial charge >= 0.3 is 5.97 Å². The number of nitrogens with one attached hydrogen (secondary N) is 2. The molecule has 2 aromatic rings. The molecule has 7 nitrogen and oxygen atoms in total. The van der Waals surface area contributed by atoms with Gasteiger partial charge in [0.25, 0.3) is 5.91 Å². The number of carbonyl (C=O) groups excluding carboxylic acids is 4. The first kappa shape index (κ1) is 23.1. The molecule has 0 fully saturated rings. The molecule has 30 heavy (non-hydrogen) atoms. The van der Waals surface area contributed by atoms with Gasteiger partial charge in [-0.25, -0.2) is 4.39 Å². The van der Waals surface area contributed by atoms with Gasteiger partial charge in [0, 0.05) is 11.3 Å². The lowest BCUT2D eigenvalue weighted by atomic mass is 10.1. The summed E-state index contributed by atoms with van der Waals surface area (Å²) in [7, 11) is 0. The molecule has 0 aliphatic heterocycles. The van der Waals surface area contributed by atoms with Crippen LogP contribution in [0.15, 0.2) is 48.5 Å². The average molecular weight is 432 g/mol. The number of amides is 2. The van der Waals surface area contributed by atoms with E-state index >= 15 is 0 Å². The number of halogens is 1. The first-order valence-electron chi connectivity index (χ1n) is 8.99. The number of ketones is 1. The molecule has 0 heterocycles. The summed E-state index contributed by atoms with van der Waals surface area (Å²) in [6.45, 7) is 2.43. The Morgan fingerprint density at radius 2 is 1.67 bits per heavy atom. The normalized spacial score (nSPS) is 11.3. The number of hydrogen-bond donors (Lipinski definition) is 2. The maximum Gasteiger partial charge on any atom is 0.319 e. The van der Waals surface area contributed by atoms with Crippen molar-refractivity contribution >= 4 is 46.7 Å². The van der Waals surface area contributed by atoms with Crippen LogP contribution in [0.3, 0.4) is 0 Å². The fourth-order valence-electron chi connectivity index (χ4n) is 2.34. The van der Waals surface area contributed by atoms with Crippen LogP contribution in [0.5, 0.6) is 0 Å². The van der Waals surface area contributed by atoms with Crippen molar-refractivity contribution in [3.63, 3.8) is 0 Å². The second kappa shape index (κ2) is 11.1. The molecule has 0 saturated heterocycles. The summed E-state index contributed by atoms with van der Waals surface area (Å²) in [5, 5.41) is 4.44. The van der Waals surface area contributed by atoms with Gasteiger partial charge in [-0.3, -0.25) is 19.2 Å². The van der Waals surface area contributed by atoms with E-state index in [-0.39, 0.29) is 17.4 Å². The highest BCUT2D eigenvalue weighted by molar-refractivity contribution is 8.01. The van der Waals surface area contributed by atoms with E-state index in [0.717, 1.165) is 11.8 Å². The van der Waals surface area contributed by atoms with Gasteiger partial charge in [0.1, 0.15) is 11.1 Å². The molecule has 0 aliphatic carbocycles. The summed E-state index contributed by atoms with van der Waals surface area (Å²) in [5.41, 5.74) is 1.14. The van der Waals surface area contributed by atoms with E-state index in [1.165, 1.54) is 31.2 Å². The van der Waals surface area contributed by atoms with Crippen LogP contribution in [0.4, 0.5) is 15.8 Å². The Morgan fingerprint density at radius 3 is 2.33 bits per heavy atom. The van der Waals surface area contributed by atoms with Crippen molar-refractivity contribution in [2.24, 2.45) is 0 Å². The van der Waals surface area contributed by atoms with E-state index in [1.54, 1.807) is 31.2 Å². The Balaban J connectivity index is 1.75. The fourth-order valence-corrected chi connectivity index (χ4v) is 3.02. The molecular formula is C21H21FN2O5S. The summed E-state index contributed by atoms with van der Waals surface area (Å²) in [5.74, 6) is -2.22. The predicted molar refractivity (Wildman–Crippen MR) is 113 cm³/mol. The molecule has 0 aliphatic rings. The Bertz CT molecular complexity index is 933. The number of rotatable bonds is 9. The Hall–Kier alpha value is -3.20. The maximum atomic E-state index is 12.9. The van der Waals surface area contributed by atoms with Crippen LogP contribution in [0.2, 0.25) is 0 Å². The Kier molecular flexibility index (Phi) is 8.54. The number of benzene rings is 2. The van der Waals surface area contributed by atoms with Crippen molar-refractivity contribution in [1.82, 2.24) is 0 Å². The summed E-state index contributed by atoms with van der Waals surface area (Å²) in [6, 6.07) is 11.8. The number of Topliss-reactive ketones (excluding diaryl/α,β-unsaturated/α-hetero) is 1. The largest absolute Gasteiger partial charge is 0.455 e. The van der Waals surface area contributed by atoms with Crippen LogP contribution in [-0.2, 0) is 19.1 Å². The summed E-state index contributed by atoms with van der Waals surface area (Å²) in [6.07, 6.45) is 0. The van der Waals surface area contributed by atoms with Crippen LogP contribution < -0.4 is 10.6 Å². The number of carbonyl (C=O) groups is 4. The number of esters is 1. The zero-order chi connectivity index (χ0) is 22.1. The number of anilines is 2. The van der Waals surface area contributed by atoms with Gasteiger partial charge in [-0.2, -0.15) is 0 Å². The summed E-state index contributed by atoms with van der Waals surface area (Å²) < 4.78 is 17.8. The zero-order valence-electron chi connectivity index (χ0n) is 16.4. The maximum absolute atomic E-state index is 12.9. The van der Waals surface area contributed by atoms with Crippen LogP contribution in [-0.4, -0.2) is 41.2 Å². The molecule has 2 N–H and O–H groups in total. The highest BCUT2D eigenvalue weighted by Crippen LogP contribution is 2.16. The van der Waals surface area contributed by atoms with Gasteiger partial charge in [-0.05, 0) is 50.2 Å². The van der Waals surface area contributed by atoms with Gasteiger partial charge in [0.2, 0.25) is 5.91 Å². The van der Waals surface area contributed by atoms with E-state index in [4.69, 9.17) is 4.74 Å². The molecule has 158 valence electrons. The van der Waals surface area contributed by atoms with Crippen molar-refractivity contribution in [1.29, 1.82) is 0 Å². The van der Waals surface area contributed by atoms with Crippen LogP contribution in [0, 0.1) is 5.82 Å². The van der Waals surface area contributed by atoms with Crippen molar-refractivity contribution in [3.8, 4) is 0 Å². The summed E-state index contributed by atoms with van der Waals surface area (Å²) in [4.78, 5) is 47.5. The fraction of sp³-hybridized carbons (Fsp3) is 0.238. The van der Waals surface area contributed by atoms with E-state index in [2.05, 4.69) is 10.6 Å². The van der Waals surface area contributed by atoms with Crippen molar-refractivity contribution < 1.29 is 28.3 Å². The van der Waals surface area contributed by atoms with Crippen LogP contribution >= 0.6 is 11.8 Å². The number of hydrogen-bond acceptors (Lipinski definition) is 6. The van der Waals surface area contributed by atoms with Crippen molar-refractivity contribution in [3.05, 3.63) is 59.9 Å². The molecule has 1 atom stereocenters.